The van der Waals surface area contributed by atoms with Gasteiger partial charge in [-0.15, -0.1) is 0 Å². The van der Waals surface area contributed by atoms with Crippen LogP contribution >= 0.6 is 11.6 Å². The van der Waals surface area contributed by atoms with Gasteiger partial charge >= 0.3 is 5.97 Å². The molecule has 5 nitrogen and oxygen atoms in total. The first kappa shape index (κ1) is 18.9. The molecule has 2 aromatic rings. The molecule has 0 saturated carbocycles. The predicted molar refractivity (Wildman–Crippen MR) is 102 cm³/mol. The first-order valence-corrected chi connectivity index (χ1v) is 9.72. The Hall–Kier alpha value is -2.47. The highest BCUT2D eigenvalue weighted by Crippen LogP contribution is 2.30. The van der Waals surface area contributed by atoms with Crippen LogP contribution in [0.5, 0.6) is 0 Å². The summed E-state index contributed by atoms with van der Waals surface area (Å²) in [5, 5.41) is 0.358. The summed E-state index contributed by atoms with van der Waals surface area (Å²) in [6.07, 6.45) is 3.20. The number of esters is 1. The number of cyclic esters (lactones) is 1. The van der Waals surface area contributed by atoms with E-state index in [-0.39, 0.29) is 29.5 Å². The van der Waals surface area contributed by atoms with Crippen LogP contribution in [0, 0.1) is 11.7 Å². The number of carbonyl (C=O) groups excluding carboxylic acids is 2. The normalized spacial score (nSPS) is 19.4. The van der Waals surface area contributed by atoms with Crippen molar-refractivity contribution in [2.75, 3.05) is 19.7 Å². The minimum Gasteiger partial charge on any atom is -0.465 e. The van der Waals surface area contributed by atoms with Crippen molar-refractivity contribution < 1.29 is 18.7 Å². The fourth-order valence-electron chi connectivity index (χ4n) is 3.63. The molecule has 2 aliphatic rings. The van der Waals surface area contributed by atoms with E-state index in [1.54, 1.807) is 18.3 Å². The van der Waals surface area contributed by atoms with Crippen molar-refractivity contribution >= 4 is 23.5 Å². The Kier molecular flexibility index (Phi) is 5.31. The van der Waals surface area contributed by atoms with Crippen molar-refractivity contribution in [3.8, 4) is 11.1 Å². The van der Waals surface area contributed by atoms with Crippen LogP contribution < -0.4 is 0 Å². The van der Waals surface area contributed by atoms with E-state index >= 15 is 0 Å². The number of carbonyl (C=O) groups is 2. The van der Waals surface area contributed by atoms with E-state index in [0.717, 1.165) is 5.69 Å². The van der Waals surface area contributed by atoms with Gasteiger partial charge in [0.2, 0.25) is 5.91 Å². The van der Waals surface area contributed by atoms with Crippen molar-refractivity contribution in [1.82, 2.24) is 9.88 Å². The second-order valence-corrected chi connectivity index (χ2v) is 7.82. The van der Waals surface area contributed by atoms with Crippen molar-refractivity contribution in [1.29, 1.82) is 0 Å². The van der Waals surface area contributed by atoms with E-state index in [0.29, 0.717) is 55.1 Å². The van der Waals surface area contributed by atoms with E-state index in [1.165, 1.54) is 6.07 Å². The maximum Gasteiger partial charge on any atom is 0.306 e. The van der Waals surface area contributed by atoms with Gasteiger partial charge in [-0.05, 0) is 30.7 Å². The smallest absolute Gasteiger partial charge is 0.306 e. The van der Waals surface area contributed by atoms with Gasteiger partial charge in [-0.3, -0.25) is 14.6 Å². The lowest BCUT2D eigenvalue weighted by molar-refractivity contribution is -0.138. The summed E-state index contributed by atoms with van der Waals surface area (Å²) in [6, 6.07) is 8.30. The van der Waals surface area contributed by atoms with Gasteiger partial charge in [-0.25, -0.2) is 4.39 Å². The summed E-state index contributed by atoms with van der Waals surface area (Å²) in [7, 11) is 0. The molecule has 2 aliphatic heterocycles. The van der Waals surface area contributed by atoms with Crippen molar-refractivity contribution in [3.05, 3.63) is 53.1 Å². The standard InChI is InChI=1S/C21H20ClFN2O3/c22-16-3-4-17(18(23)8-16)14-2-5-19(24-9-14)15-10-25(11-15)20(26)6-1-13-7-21(27)28-12-13/h2-5,8-9,13,15H,1,6-7,10-12H2/t13-/m0/s1. The zero-order valence-corrected chi connectivity index (χ0v) is 16.0. The minimum absolute atomic E-state index is 0.107. The van der Waals surface area contributed by atoms with Crippen LogP contribution in [-0.4, -0.2) is 41.5 Å². The van der Waals surface area contributed by atoms with Gasteiger partial charge in [0.05, 0.1) is 13.0 Å². The van der Waals surface area contributed by atoms with Crippen LogP contribution in [-0.2, 0) is 14.3 Å². The van der Waals surface area contributed by atoms with Crippen LogP contribution in [0.1, 0.15) is 30.9 Å². The Morgan fingerprint density at radius 2 is 2.11 bits per heavy atom. The molecule has 0 radical (unpaired) electrons. The molecule has 2 saturated heterocycles. The molecule has 4 rings (SSSR count). The molecule has 0 N–H and O–H groups in total. The fourth-order valence-corrected chi connectivity index (χ4v) is 3.79. The molecule has 7 heteroatoms. The number of benzene rings is 1. The van der Waals surface area contributed by atoms with Gasteiger partial charge in [-0.1, -0.05) is 17.7 Å². The van der Waals surface area contributed by atoms with Crippen molar-refractivity contribution in [2.45, 2.75) is 25.2 Å². The average molecular weight is 403 g/mol. The first-order valence-electron chi connectivity index (χ1n) is 9.34. The number of nitrogens with zero attached hydrogens (tertiary/aromatic N) is 2. The lowest BCUT2D eigenvalue weighted by Gasteiger charge is -2.39. The van der Waals surface area contributed by atoms with E-state index in [1.807, 2.05) is 17.0 Å². The van der Waals surface area contributed by atoms with Gasteiger partial charge in [0.25, 0.3) is 0 Å². The number of hydrogen-bond acceptors (Lipinski definition) is 4. The zero-order valence-electron chi connectivity index (χ0n) is 15.2. The molecular formula is C21H20ClFN2O3. The predicted octanol–water partition coefficient (Wildman–Crippen LogP) is 3.81. The highest BCUT2D eigenvalue weighted by atomic mass is 35.5. The molecule has 1 aromatic heterocycles. The maximum absolute atomic E-state index is 14.0. The van der Waals surface area contributed by atoms with Gasteiger partial charge in [0.1, 0.15) is 5.82 Å². The SMILES string of the molecule is O=C1C[C@H](CCC(=O)N2CC(c3ccc(-c4ccc(Cl)cc4F)cn3)C2)CO1. The average Bonchev–Trinajstić information content (AvgIpc) is 3.05. The highest BCUT2D eigenvalue weighted by molar-refractivity contribution is 6.30. The molecule has 1 atom stereocenters. The second kappa shape index (κ2) is 7.87. The van der Waals surface area contributed by atoms with Crippen LogP contribution in [0.15, 0.2) is 36.5 Å². The maximum atomic E-state index is 14.0. The number of pyridine rings is 1. The van der Waals surface area contributed by atoms with E-state index in [2.05, 4.69) is 4.98 Å². The minimum atomic E-state index is -0.378. The molecule has 0 spiro atoms. The largest absolute Gasteiger partial charge is 0.465 e. The summed E-state index contributed by atoms with van der Waals surface area (Å²) in [6.45, 7) is 1.71. The monoisotopic (exact) mass is 402 g/mol. The Labute approximate surface area is 167 Å². The van der Waals surface area contributed by atoms with Gasteiger partial charge in [0, 0.05) is 59.4 Å². The number of ether oxygens (including phenoxy) is 1. The summed E-state index contributed by atoms with van der Waals surface area (Å²) in [4.78, 5) is 29.6. The third kappa shape index (κ3) is 4.02. The van der Waals surface area contributed by atoms with Gasteiger partial charge in [-0.2, -0.15) is 0 Å². The Morgan fingerprint density at radius 3 is 2.75 bits per heavy atom. The fraction of sp³-hybridized carbons (Fsp3) is 0.381. The Morgan fingerprint density at radius 1 is 1.29 bits per heavy atom. The second-order valence-electron chi connectivity index (χ2n) is 7.38. The summed E-state index contributed by atoms with van der Waals surface area (Å²) < 4.78 is 19.0. The molecule has 0 bridgehead atoms. The number of halogens is 2. The summed E-state index contributed by atoms with van der Waals surface area (Å²) >= 11 is 5.79. The molecule has 28 heavy (non-hydrogen) atoms. The van der Waals surface area contributed by atoms with Crippen molar-refractivity contribution in [2.24, 2.45) is 5.92 Å². The number of likely N-dealkylation sites (tertiary alicyclic amines) is 1. The number of amides is 1. The number of rotatable bonds is 5. The summed E-state index contributed by atoms with van der Waals surface area (Å²) in [5.41, 5.74) is 2.05. The molecule has 1 amide bonds. The van der Waals surface area contributed by atoms with Crippen LogP contribution in [0.2, 0.25) is 5.02 Å². The topological polar surface area (TPSA) is 59.5 Å². The van der Waals surface area contributed by atoms with E-state index < -0.39 is 0 Å². The molecule has 2 fully saturated rings. The molecule has 3 heterocycles. The van der Waals surface area contributed by atoms with Crippen LogP contribution in [0.4, 0.5) is 4.39 Å². The van der Waals surface area contributed by atoms with Crippen molar-refractivity contribution in [3.63, 3.8) is 0 Å². The van der Waals surface area contributed by atoms with Crippen LogP contribution in [0.25, 0.3) is 11.1 Å². The Balaban J connectivity index is 1.29. The molecule has 146 valence electrons. The van der Waals surface area contributed by atoms with Gasteiger partial charge in [0.15, 0.2) is 0 Å². The molecule has 0 aliphatic carbocycles. The summed E-state index contributed by atoms with van der Waals surface area (Å²) in [5.74, 6) is -0.0813. The zero-order chi connectivity index (χ0) is 19.7. The first-order chi connectivity index (χ1) is 13.5. The third-order valence-corrected chi connectivity index (χ3v) is 5.62. The lowest BCUT2D eigenvalue weighted by atomic mass is 9.93. The van der Waals surface area contributed by atoms with E-state index in [9.17, 15) is 14.0 Å². The van der Waals surface area contributed by atoms with E-state index in [4.69, 9.17) is 16.3 Å². The third-order valence-electron chi connectivity index (χ3n) is 5.38. The quantitative estimate of drug-likeness (QED) is 0.713. The molecule has 0 unspecified atom stereocenters. The molecule has 1 aromatic carbocycles. The number of aromatic nitrogens is 1. The lowest BCUT2D eigenvalue weighted by Crippen LogP contribution is -2.48. The van der Waals surface area contributed by atoms with Gasteiger partial charge < -0.3 is 9.64 Å². The molecular weight excluding hydrogens is 383 g/mol. The highest BCUT2D eigenvalue weighted by Gasteiger charge is 2.33. The van der Waals surface area contributed by atoms with Crippen LogP contribution in [0.3, 0.4) is 0 Å². The Bertz CT molecular complexity index is 897. The number of hydrogen-bond donors (Lipinski definition) is 0.